The molecule has 4 bridgehead atoms. The molecular formula is C26H39N5O3. The Morgan fingerprint density at radius 1 is 1.15 bits per heavy atom. The third kappa shape index (κ3) is 4.12. The number of nitrogens with zero attached hydrogens (tertiary/aromatic N) is 4. The van der Waals surface area contributed by atoms with E-state index in [0.717, 1.165) is 70.4 Å². The van der Waals surface area contributed by atoms with Gasteiger partial charge in [0.05, 0.1) is 5.60 Å². The Morgan fingerprint density at radius 2 is 1.82 bits per heavy atom. The molecule has 6 fully saturated rings. The fourth-order valence-electron chi connectivity index (χ4n) is 7.80. The van der Waals surface area contributed by atoms with Gasteiger partial charge in [0.25, 0.3) is 5.91 Å². The van der Waals surface area contributed by atoms with Crippen molar-refractivity contribution in [3.05, 3.63) is 11.8 Å². The van der Waals surface area contributed by atoms with Gasteiger partial charge in [-0.2, -0.15) is 5.10 Å². The molecule has 0 spiro atoms. The molecule has 7 rings (SSSR count). The Bertz CT molecular complexity index is 948. The molecule has 5 aliphatic carbocycles. The van der Waals surface area contributed by atoms with Gasteiger partial charge >= 0.3 is 0 Å². The molecule has 1 aromatic heterocycles. The second-order valence-corrected chi connectivity index (χ2v) is 12.0. The molecule has 1 aromatic rings. The third-order valence-electron chi connectivity index (χ3n) is 9.42. The summed E-state index contributed by atoms with van der Waals surface area (Å²) in [6.45, 7) is 4.31. The first-order valence-electron chi connectivity index (χ1n) is 13.4. The Hall–Kier alpha value is -2.09. The lowest BCUT2D eigenvalue weighted by molar-refractivity contribution is -0.137. The largest absolute Gasteiger partial charge is 0.390 e. The van der Waals surface area contributed by atoms with E-state index in [1.807, 2.05) is 22.7 Å². The molecule has 2 N–H and O–H groups in total. The highest BCUT2D eigenvalue weighted by atomic mass is 16.3. The summed E-state index contributed by atoms with van der Waals surface area (Å²) < 4.78 is 1.87. The van der Waals surface area contributed by atoms with Gasteiger partial charge in [-0.15, -0.1) is 0 Å². The Kier molecular flexibility index (Phi) is 5.43. The molecule has 0 radical (unpaired) electrons. The number of likely N-dealkylation sites (tertiary alicyclic amines) is 1. The van der Waals surface area contributed by atoms with Crippen molar-refractivity contribution in [3.63, 3.8) is 0 Å². The van der Waals surface area contributed by atoms with Crippen molar-refractivity contribution < 1.29 is 14.7 Å². The molecule has 8 nitrogen and oxygen atoms in total. The lowest BCUT2D eigenvalue weighted by atomic mass is 9.52. The summed E-state index contributed by atoms with van der Waals surface area (Å²) in [5.74, 6) is 3.11. The van der Waals surface area contributed by atoms with Crippen LogP contribution < -0.4 is 10.2 Å². The number of hydrogen-bond donors (Lipinski definition) is 2. The van der Waals surface area contributed by atoms with Crippen LogP contribution in [-0.2, 0) is 11.8 Å². The van der Waals surface area contributed by atoms with Gasteiger partial charge < -0.3 is 20.2 Å². The van der Waals surface area contributed by atoms with Crippen LogP contribution in [0, 0.1) is 23.7 Å². The van der Waals surface area contributed by atoms with E-state index >= 15 is 0 Å². The van der Waals surface area contributed by atoms with Crippen LogP contribution in [0.1, 0.15) is 75.2 Å². The van der Waals surface area contributed by atoms with E-state index in [0.29, 0.717) is 35.4 Å². The maximum atomic E-state index is 13.3. The van der Waals surface area contributed by atoms with Gasteiger partial charge in [0.1, 0.15) is 5.82 Å². The minimum atomic E-state index is -0.485. The summed E-state index contributed by atoms with van der Waals surface area (Å²) in [5.41, 5.74) is 0.0170. The number of rotatable bonds is 6. The molecule has 1 aliphatic heterocycles. The van der Waals surface area contributed by atoms with Gasteiger partial charge in [-0.3, -0.25) is 14.3 Å². The van der Waals surface area contributed by atoms with Crippen LogP contribution in [0.3, 0.4) is 0 Å². The van der Waals surface area contributed by atoms with Crippen LogP contribution in [0.25, 0.3) is 0 Å². The molecule has 6 aliphatic rings. The molecule has 5 saturated carbocycles. The smallest absolute Gasteiger partial charge is 0.272 e. The van der Waals surface area contributed by atoms with Crippen LogP contribution >= 0.6 is 0 Å². The Morgan fingerprint density at radius 3 is 2.41 bits per heavy atom. The topological polar surface area (TPSA) is 90.7 Å². The fraction of sp³-hybridized carbons (Fsp3) is 0.808. The number of amides is 2. The lowest BCUT2D eigenvalue weighted by Crippen LogP contribution is -2.61. The molecule has 8 heteroatoms. The number of aliphatic hydroxyl groups is 1. The number of piperidine rings is 1. The highest BCUT2D eigenvalue weighted by Crippen LogP contribution is 2.55. The highest BCUT2D eigenvalue weighted by Gasteiger charge is 2.55. The second kappa shape index (κ2) is 8.25. The van der Waals surface area contributed by atoms with E-state index in [2.05, 4.69) is 15.3 Å². The average molecular weight is 470 g/mol. The summed E-state index contributed by atoms with van der Waals surface area (Å²) in [5, 5.41) is 18.8. The van der Waals surface area contributed by atoms with Crippen molar-refractivity contribution in [2.24, 2.45) is 30.7 Å². The first-order valence-corrected chi connectivity index (χ1v) is 13.4. The van der Waals surface area contributed by atoms with E-state index in [1.165, 1.54) is 12.8 Å². The molecule has 2 heterocycles. The molecule has 2 amide bonds. The number of anilines is 1. The molecule has 0 aromatic carbocycles. The van der Waals surface area contributed by atoms with Gasteiger partial charge in [-0.1, -0.05) is 0 Å². The molecule has 1 saturated heterocycles. The van der Waals surface area contributed by atoms with Gasteiger partial charge in [0.15, 0.2) is 5.69 Å². The van der Waals surface area contributed by atoms with E-state index in [-0.39, 0.29) is 17.9 Å². The molecule has 2 unspecified atom stereocenters. The number of carbonyl (C=O) groups excluding carboxylic acids is 2. The minimum Gasteiger partial charge on any atom is -0.390 e. The Balaban J connectivity index is 1.13. The lowest BCUT2D eigenvalue weighted by Gasteiger charge is -2.58. The van der Waals surface area contributed by atoms with E-state index in [4.69, 9.17) is 0 Å². The predicted octanol–water partition coefficient (Wildman–Crippen LogP) is 2.32. The summed E-state index contributed by atoms with van der Waals surface area (Å²) in [6, 6.07) is 2.67. The third-order valence-corrected chi connectivity index (χ3v) is 9.42. The van der Waals surface area contributed by atoms with Crippen molar-refractivity contribution in [1.29, 1.82) is 0 Å². The number of hydrogen-bond acceptors (Lipinski definition) is 5. The predicted molar refractivity (Wildman–Crippen MR) is 128 cm³/mol. The zero-order valence-corrected chi connectivity index (χ0v) is 20.6. The van der Waals surface area contributed by atoms with Crippen LogP contribution in [0.2, 0.25) is 0 Å². The van der Waals surface area contributed by atoms with Crippen molar-refractivity contribution in [2.75, 3.05) is 24.5 Å². The van der Waals surface area contributed by atoms with Crippen molar-refractivity contribution in [1.82, 2.24) is 20.0 Å². The number of carbonyl (C=O) groups is 2. The fourth-order valence-corrected chi connectivity index (χ4v) is 7.80. The zero-order chi connectivity index (χ0) is 23.6. The molecule has 186 valence electrons. The number of aryl methyl sites for hydroxylation is 1. The van der Waals surface area contributed by atoms with Crippen LogP contribution in [0.5, 0.6) is 0 Å². The van der Waals surface area contributed by atoms with Gasteiger partial charge in [0, 0.05) is 51.8 Å². The summed E-state index contributed by atoms with van der Waals surface area (Å²) in [6.07, 6.45) is 9.33. The minimum absolute atomic E-state index is 0.0724. The Labute approximate surface area is 202 Å². The second-order valence-electron chi connectivity index (χ2n) is 12.0. The van der Waals surface area contributed by atoms with Gasteiger partial charge in [-0.05, 0) is 81.5 Å². The highest BCUT2D eigenvalue weighted by molar-refractivity contribution is 5.93. The van der Waals surface area contributed by atoms with Crippen molar-refractivity contribution in [3.8, 4) is 0 Å². The molecular weight excluding hydrogens is 430 g/mol. The van der Waals surface area contributed by atoms with Crippen molar-refractivity contribution in [2.45, 2.75) is 82.4 Å². The quantitative estimate of drug-likeness (QED) is 0.667. The number of nitrogens with one attached hydrogen (secondary N) is 1. The van der Waals surface area contributed by atoms with Crippen LogP contribution in [-0.4, -0.2) is 68.9 Å². The maximum Gasteiger partial charge on any atom is 0.272 e. The zero-order valence-electron chi connectivity index (χ0n) is 20.6. The van der Waals surface area contributed by atoms with E-state index < -0.39 is 5.60 Å². The standard InChI is InChI=1S/C26H39N5O3/c1-16(32)30-7-5-17(6-8-30)15-31(21-3-4-21)23-11-22(28-29(23)2)25(33)27-24-19-9-18-10-20(24)14-26(34,12-18)13-19/h11,17-21,24,34H,3-10,12-15H2,1-2H3,(H,27,33)/t18?,19?,20?,24-,26-. The monoisotopic (exact) mass is 469 g/mol. The SMILES string of the molecule is CC(=O)N1CCC(CN(c2cc(C(=O)N[C@H]3C4CC5CC3C[C@](O)(C5)C4)nn2C)C2CC2)CC1. The summed E-state index contributed by atoms with van der Waals surface area (Å²) in [7, 11) is 1.94. The first kappa shape index (κ1) is 22.4. The maximum absolute atomic E-state index is 13.3. The van der Waals surface area contributed by atoms with Crippen LogP contribution in [0.15, 0.2) is 6.07 Å². The number of aromatic nitrogens is 2. The normalized spacial score (nSPS) is 35.0. The summed E-state index contributed by atoms with van der Waals surface area (Å²) >= 11 is 0. The van der Waals surface area contributed by atoms with E-state index in [9.17, 15) is 14.7 Å². The average Bonchev–Trinajstić information content (AvgIpc) is 3.55. The van der Waals surface area contributed by atoms with E-state index in [1.54, 1.807) is 6.92 Å². The molecule has 34 heavy (non-hydrogen) atoms. The van der Waals surface area contributed by atoms with Gasteiger partial charge in [0.2, 0.25) is 5.91 Å². The summed E-state index contributed by atoms with van der Waals surface area (Å²) in [4.78, 5) is 29.4. The first-order chi connectivity index (χ1) is 16.3. The van der Waals surface area contributed by atoms with Crippen LogP contribution in [0.4, 0.5) is 5.82 Å². The molecule has 2 atom stereocenters. The van der Waals surface area contributed by atoms with Crippen molar-refractivity contribution >= 4 is 17.6 Å². The van der Waals surface area contributed by atoms with Gasteiger partial charge in [-0.25, -0.2) is 0 Å².